The van der Waals surface area contributed by atoms with Gasteiger partial charge in [-0.25, -0.2) is 9.18 Å². The molecule has 0 fully saturated rings. The number of esters is 1. The van der Waals surface area contributed by atoms with E-state index in [1.807, 2.05) is 18.2 Å². The highest BCUT2D eigenvalue weighted by atomic mass is 32.1. The lowest BCUT2D eigenvalue weighted by Crippen LogP contribution is -2.37. The number of ether oxygens (including phenoxy) is 2. The van der Waals surface area contributed by atoms with Crippen molar-refractivity contribution in [1.82, 2.24) is 0 Å². The second-order valence-electron chi connectivity index (χ2n) is 6.24. The number of likely N-dealkylation sites (N-methyl/N-ethyl adjacent to an activating group) is 1. The van der Waals surface area contributed by atoms with Crippen molar-refractivity contribution in [2.75, 3.05) is 19.1 Å². The van der Waals surface area contributed by atoms with Crippen LogP contribution in [0, 0.1) is 5.82 Å². The van der Waals surface area contributed by atoms with Gasteiger partial charge in [0.25, 0.3) is 5.91 Å². The van der Waals surface area contributed by atoms with Crippen LogP contribution in [-0.4, -0.2) is 32.1 Å². The van der Waals surface area contributed by atoms with Crippen LogP contribution in [0.15, 0.2) is 48.5 Å². The van der Waals surface area contributed by atoms with Gasteiger partial charge in [0.2, 0.25) is 0 Å². The lowest BCUT2D eigenvalue weighted by molar-refractivity contribution is -0.126. The van der Waals surface area contributed by atoms with Crippen molar-refractivity contribution < 1.29 is 23.5 Å². The molecular weight excluding hydrogens is 381 g/mol. The number of nitrogens with zero attached hydrogens (tertiary/aromatic N) is 1. The van der Waals surface area contributed by atoms with Gasteiger partial charge < -0.3 is 14.4 Å². The molecule has 0 aliphatic carbocycles. The summed E-state index contributed by atoms with van der Waals surface area (Å²) < 4.78 is 25.4. The molecule has 1 unspecified atom stereocenters. The molecule has 0 saturated heterocycles. The van der Waals surface area contributed by atoms with Gasteiger partial charge in [-0.3, -0.25) is 4.79 Å². The van der Waals surface area contributed by atoms with Crippen LogP contribution in [0.5, 0.6) is 0 Å². The van der Waals surface area contributed by atoms with Crippen molar-refractivity contribution in [2.24, 2.45) is 0 Å². The molecule has 1 amide bonds. The summed E-state index contributed by atoms with van der Waals surface area (Å²) >= 11 is 1.13. The quantitative estimate of drug-likeness (QED) is 0.575. The molecule has 0 N–H and O–H groups in total. The highest BCUT2D eigenvalue weighted by molar-refractivity contribution is 7.21. The van der Waals surface area contributed by atoms with Crippen molar-refractivity contribution in [2.45, 2.75) is 19.6 Å². The number of thiophene rings is 1. The van der Waals surface area contributed by atoms with Crippen molar-refractivity contribution in [3.05, 3.63) is 64.8 Å². The maximum atomic E-state index is 14.3. The largest absolute Gasteiger partial charge is 0.448 e. The summed E-state index contributed by atoms with van der Waals surface area (Å²) in [5, 5.41) is 0.349. The van der Waals surface area contributed by atoms with Gasteiger partial charge in [-0.2, -0.15) is 0 Å². The Balaban J connectivity index is 1.83. The zero-order valence-corrected chi connectivity index (χ0v) is 16.6. The highest BCUT2D eigenvalue weighted by Gasteiger charge is 2.27. The minimum Gasteiger partial charge on any atom is -0.448 e. The zero-order chi connectivity index (χ0) is 20.3. The van der Waals surface area contributed by atoms with E-state index in [4.69, 9.17) is 9.47 Å². The molecule has 5 nitrogen and oxygen atoms in total. The summed E-state index contributed by atoms with van der Waals surface area (Å²) in [5.74, 6) is -1.46. The Morgan fingerprint density at radius 1 is 1.14 bits per heavy atom. The van der Waals surface area contributed by atoms with E-state index in [1.54, 1.807) is 31.3 Å². The SMILES string of the molecule is COCc1c(C(=O)OC(C)C(=O)N(C)c2ccccc2)sc2cccc(F)c12. The van der Waals surface area contributed by atoms with Crippen LogP contribution in [0.4, 0.5) is 10.1 Å². The van der Waals surface area contributed by atoms with Gasteiger partial charge in [0.1, 0.15) is 10.7 Å². The van der Waals surface area contributed by atoms with E-state index in [9.17, 15) is 14.0 Å². The average molecular weight is 401 g/mol. The molecular formula is C21H20FNO4S. The monoisotopic (exact) mass is 401 g/mol. The van der Waals surface area contributed by atoms with Gasteiger partial charge in [0.05, 0.1) is 6.61 Å². The van der Waals surface area contributed by atoms with E-state index < -0.39 is 17.9 Å². The first-order chi connectivity index (χ1) is 13.4. The van der Waals surface area contributed by atoms with Crippen molar-refractivity contribution in [3.8, 4) is 0 Å². The fraction of sp³-hybridized carbons (Fsp3) is 0.238. The number of fused-ring (bicyclic) bond motifs is 1. The van der Waals surface area contributed by atoms with Gasteiger partial charge >= 0.3 is 5.97 Å². The first-order valence-corrected chi connectivity index (χ1v) is 9.48. The van der Waals surface area contributed by atoms with Crippen LogP contribution >= 0.6 is 11.3 Å². The Hall–Kier alpha value is -2.77. The van der Waals surface area contributed by atoms with E-state index in [1.165, 1.54) is 25.0 Å². The number of amides is 1. The van der Waals surface area contributed by atoms with Crippen molar-refractivity contribution in [3.63, 3.8) is 0 Å². The number of methoxy groups -OCH3 is 1. The Kier molecular flexibility index (Phi) is 6.06. The van der Waals surface area contributed by atoms with Gasteiger partial charge in [-0.15, -0.1) is 11.3 Å². The molecule has 1 aromatic heterocycles. The molecule has 0 saturated carbocycles. The van der Waals surface area contributed by atoms with E-state index >= 15 is 0 Å². The first kappa shape index (κ1) is 20.0. The fourth-order valence-corrected chi connectivity index (χ4v) is 4.04. The highest BCUT2D eigenvalue weighted by Crippen LogP contribution is 2.34. The Bertz CT molecular complexity index is 1000. The topological polar surface area (TPSA) is 55.8 Å². The first-order valence-electron chi connectivity index (χ1n) is 8.66. The summed E-state index contributed by atoms with van der Waals surface area (Å²) in [4.78, 5) is 27.0. The predicted octanol–water partition coefficient (Wildman–Crippen LogP) is 4.40. The second kappa shape index (κ2) is 8.50. The number of benzene rings is 2. The molecule has 0 bridgehead atoms. The Morgan fingerprint density at radius 3 is 2.54 bits per heavy atom. The smallest absolute Gasteiger partial charge is 0.349 e. The number of halogens is 1. The third-order valence-electron chi connectivity index (χ3n) is 4.34. The summed E-state index contributed by atoms with van der Waals surface area (Å²) in [7, 11) is 3.09. The fourth-order valence-electron chi connectivity index (χ4n) is 2.93. The van der Waals surface area contributed by atoms with E-state index in [0.29, 0.717) is 21.3 Å². The van der Waals surface area contributed by atoms with Crippen LogP contribution < -0.4 is 4.90 Å². The zero-order valence-electron chi connectivity index (χ0n) is 15.8. The molecule has 146 valence electrons. The molecule has 3 aromatic rings. The summed E-state index contributed by atoms with van der Waals surface area (Å²) in [6.45, 7) is 1.58. The normalized spacial score (nSPS) is 12.0. The molecule has 1 atom stereocenters. The van der Waals surface area contributed by atoms with Gasteiger partial charge in [0, 0.05) is 35.5 Å². The summed E-state index contributed by atoms with van der Waals surface area (Å²) in [6.07, 6.45) is -0.997. The number of hydrogen-bond donors (Lipinski definition) is 0. The predicted molar refractivity (Wildman–Crippen MR) is 107 cm³/mol. The maximum Gasteiger partial charge on any atom is 0.349 e. The number of anilines is 1. The van der Waals surface area contributed by atoms with Crippen molar-refractivity contribution >= 4 is 39.0 Å². The number of carbonyl (C=O) groups excluding carboxylic acids is 2. The molecule has 0 spiro atoms. The third-order valence-corrected chi connectivity index (χ3v) is 5.52. The maximum absolute atomic E-state index is 14.3. The average Bonchev–Trinajstić information content (AvgIpc) is 3.07. The molecule has 0 aliphatic rings. The van der Waals surface area contributed by atoms with E-state index in [0.717, 1.165) is 11.3 Å². The summed E-state index contributed by atoms with van der Waals surface area (Å²) in [6, 6.07) is 13.7. The van der Waals surface area contributed by atoms with Crippen LogP contribution in [-0.2, 0) is 20.9 Å². The molecule has 3 rings (SSSR count). The van der Waals surface area contributed by atoms with Gasteiger partial charge in [-0.1, -0.05) is 24.3 Å². The lowest BCUT2D eigenvalue weighted by Gasteiger charge is -2.21. The second-order valence-corrected chi connectivity index (χ2v) is 7.29. The number of para-hydroxylation sites is 1. The molecule has 0 radical (unpaired) electrons. The molecule has 1 heterocycles. The summed E-state index contributed by atoms with van der Waals surface area (Å²) in [5.41, 5.74) is 1.13. The number of rotatable bonds is 6. The van der Waals surface area contributed by atoms with Crippen molar-refractivity contribution in [1.29, 1.82) is 0 Å². The Morgan fingerprint density at radius 2 is 1.86 bits per heavy atom. The van der Waals surface area contributed by atoms with Gasteiger partial charge in [-0.05, 0) is 31.2 Å². The standard InChI is InChI=1S/C21H20FNO4S/c1-13(20(24)23(2)14-8-5-4-6-9-14)27-21(25)19-15(12-26-3)18-16(22)10-7-11-17(18)28-19/h4-11,13H,12H2,1-3H3. The van der Waals surface area contributed by atoms with Crippen LogP contribution in [0.2, 0.25) is 0 Å². The van der Waals surface area contributed by atoms with Gasteiger partial charge in [0.15, 0.2) is 6.10 Å². The van der Waals surface area contributed by atoms with Crippen LogP contribution in [0.25, 0.3) is 10.1 Å². The molecule has 28 heavy (non-hydrogen) atoms. The van der Waals surface area contributed by atoms with Crippen LogP contribution in [0.1, 0.15) is 22.2 Å². The minimum absolute atomic E-state index is 0.0671. The minimum atomic E-state index is -0.997. The van der Waals surface area contributed by atoms with E-state index in [-0.39, 0.29) is 17.4 Å². The van der Waals surface area contributed by atoms with Crippen LogP contribution in [0.3, 0.4) is 0 Å². The Labute approximate surface area is 166 Å². The number of hydrogen-bond acceptors (Lipinski definition) is 5. The number of carbonyl (C=O) groups is 2. The molecule has 2 aromatic carbocycles. The van der Waals surface area contributed by atoms with E-state index in [2.05, 4.69) is 0 Å². The molecule has 7 heteroatoms. The lowest BCUT2D eigenvalue weighted by atomic mass is 10.1. The third kappa shape index (κ3) is 3.90. The molecule has 0 aliphatic heterocycles.